The fourth-order valence-electron chi connectivity index (χ4n) is 2.69. The number of thiazole rings is 1. The van der Waals surface area contributed by atoms with Crippen LogP contribution in [0.5, 0.6) is 11.5 Å². The number of halogens is 5. The number of hydrogen-bond donors (Lipinski definition) is 1. The van der Waals surface area contributed by atoms with E-state index in [1.54, 1.807) is 31.5 Å². The average Bonchev–Trinajstić information content (AvgIpc) is 3.12. The van der Waals surface area contributed by atoms with Crippen LogP contribution in [0.15, 0.2) is 41.9 Å². The molecule has 3 rings (SSSR count). The number of nitrogens with zero attached hydrogens (tertiary/aromatic N) is 3. The molecule has 0 radical (unpaired) electrons. The Bertz CT molecular complexity index is 1110. The Morgan fingerprint density at radius 2 is 1.70 bits per heavy atom. The van der Waals surface area contributed by atoms with Crippen LogP contribution in [-0.2, 0) is 0 Å². The first-order valence-electron chi connectivity index (χ1n) is 9.36. The van der Waals surface area contributed by atoms with Crippen molar-refractivity contribution in [3.63, 3.8) is 0 Å². The molecular weight excluding hydrogens is 489 g/mol. The number of aromatic nitrogens is 2. The Hall–Kier alpha value is -2.67. The number of pyridine rings is 1. The van der Waals surface area contributed by atoms with E-state index in [-0.39, 0.29) is 12.3 Å². The summed E-state index contributed by atoms with van der Waals surface area (Å²) in [6.45, 7) is 3.70. The lowest BCUT2D eigenvalue weighted by Gasteiger charge is -2.28. The molecule has 0 bridgehead atoms. The van der Waals surface area contributed by atoms with E-state index in [9.17, 15) is 26.7 Å². The maximum absolute atomic E-state index is 13.4. The molecule has 1 aromatic carbocycles. The smallest absolute Gasteiger partial charge is 0.420 e. The lowest BCUT2D eigenvalue weighted by atomic mass is 10.2. The van der Waals surface area contributed by atoms with Crippen LogP contribution in [-0.4, -0.2) is 39.6 Å². The lowest BCUT2D eigenvalue weighted by molar-refractivity contribution is -0.255. The van der Waals surface area contributed by atoms with Crippen LogP contribution in [0.1, 0.15) is 20.3 Å². The predicted molar refractivity (Wildman–Crippen MR) is 117 cm³/mol. The summed E-state index contributed by atoms with van der Waals surface area (Å²) >= 11 is 5.75. The zero-order valence-corrected chi connectivity index (χ0v) is 19.0. The Labute approximate surface area is 194 Å². The molecule has 0 aliphatic heterocycles. The molecule has 0 saturated carbocycles. The highest BCUT2D eigenvalue weighted by Gasteiger charge is 2.45. The number of ether oxygens (including phenoxy) is 2. The average molecular weight is 508 g/mol. The molecule has 6 nitrogen and oxygen atoms in total. The van der Waals surface area contributed by atoms with Gasteiger partial charge in [-0.3, -0.25) is 4.90 Å². The molecule has 0 fully saturated rings. The summed E-state index contributed by atoms with van der Waals surface area (Å²) in [7, 11) is 0. The van der Waals surface area contributed by atoms with E-state index in [1.807, 2.05) is 0 Å². The number of fused-ring (bicyclic) bond motifs is 1. The number of carbonyl (C=O) groups excluding carboxylic acids is 1. The van der Waals surface area contributed by atoms with Crippen LogP contribution in [0, 0.1) is 0 Å². The summed E-state index contributed by atoms with van der Waals surface area (Å²) in [5.41, 5.74) is 2.29. The van der Waals surface area contributed by atoms with Crippen LogP contribution >= 0.6 is 24.0 Å². The molecule has 0 atom stereocenters. The largest absolute Gasteiger partial charge is 0.432 e. The first-order chi connectivity index (χ1) is 15.2. The van der Waals surface area contributed by atoms with E-state index >= 15 is 0 Å². The summed E-state index contributed by atoms with van der Waals surface area (Å²) in [4.78, 5) is 23.3. The summed E-state index contributed by atoms with van der Waals surface area (Å²) in [5.74, 6) is -0.257. The number of rotatable bonds is 7. The molecule has 3 aromatic rings. The van der Waals surface area contributed by atoms with Gasteiger partial charge < -0.3 is 9.47 Å². The van der Waals surface area contributed by atoms with Crippen LogP contribution in [0.25, 0.3) is 10.3 Å². The molecule has 178 valence electrons. The normalized spacial score (nSPS) is 12.6. The van der Waals surface area contributed by atoms with Crippen molar-refractivity contribution in [2.45, 2.75) is 37.3 Å². The van der Waals surface area contributed by atoms with Crippen molar-refractivity contribution in [1.29, 1.82) is 0 Å². The van der Waals surface area contributed by atoms with Gasteiger partial charge in [0, 0.05) is 11.3 Å². The highest BCUT2D eigenvalue weighted by molar-refractivity contribution is 7.81. The SMILES string of the molecule is CC(C)(S)CN(C(=O)Oc1ccc(OC(F)(F)CC(F)(F)F)cc1)c1ccc2ncsc2n1. The molecule has 13 heteroatoms. The van der Waals surface area contributed by atoms with E-state index in [0.717, 1.165) is 24.3 Å². The monoisotopic (exact) mass is 507 g/mol. The van der Waals surface area contributed by atoms with E-state index in [1.165, 1.54) is 16.2 Å². The number of anilines is 1. The molecular formula is C20H18F5N3O3S2. The van der Waals surface area contributed by atoms with Crippen LogP contribution < -0.4 is 14.4 Å². The summed E-state index contributed by atoms with van der Waals surface area (Å²) in [5, 5.41) is 0. The van der Waals surface area contributed by atoms with Gasteiger partial charge in [-0.2, -0.15) is 34.6 Å². The van der Waals surface area contributed by atoms with Crippen molar-refractivity contribution in [2.24, 2.45) is 0 Å². The quantitative estimate of drug-likeness (QED) is 0.299. The minimum atomic E-state index is -5.10. The van der Waals surface area contributed by atoms with Gasteiger partial charge in [0.1, 0.15) is 34.1 Å². The zero-order chi connectivity index (χ0) is 24.4. The van der Waals surface area contributed by atoms with E-state index < -0.39 is 35.3 Å². The van der Waals surface area contributed by atoms with Crippen LogP contribution in [0.4, 0.5) is 32.6 Å². The molecule has 2 heterocycles. The highest BCUT2D eigenvalue weighted by atomic mass is 32.1. The number of benzene rings is 1. The van der Waals surface area contributed by atoms with Gasteiger partial charge in [0.25, 0.3) is 0 Å². The molecule has 33 heavy (non-hydrogen) atoms. The van der Waals surface area contributed by atoms with Gasteiger partial charge in [-0.05, 0) is 50.2 Å². The van der Waals surface area contributed by atoms with Gasteiger partial charge in [0.2, 0.25) is 0 Å². The molecule has 0 spiro atoms. The van der Waals surface area contributed by atoms with Crippen molar-refractivity contribution in [2.75, 3.05) is 11.4 Å². The molecule has 0 aliphatic rings. The molecule has 1 amide bonds. The third-order valence-electron chi connectivity index (χ3n) is 3.93. The standard InChI is InChI=1S/C20H18F5N3O3S2/c1-18(2,32)10-28(15-8-7-14-16(27-15)33-11-26-14)17(29)30-12-3-5-13(6-4-12)31-20(24,25)9-19(21,22)23/h3-8,11,32H,9-10H2,1-2H3. The second kappa shape index (κ2) is 9.29. The van der Waals surface area contributed by atoms with Crippen molar-refractivity contribution >= 4 is 46.2 Å². The summed E-state index contributed by atoms with van der Waals surface area (Å²) < 4.78 is 72.3. The van der Waals surface area contributed by atoms with Crippen LogP contribution in [0.3, 0.4) is 0 Å². The first kappa shape index (κ1) is 25.0. The molecule has 0 N–H and O–H groups in total. The summed E-state index contributed by atoms with van der Waals surface area (Å²) in [6, 6.07) is 7.50. The third kappa shape index (κ3) is 7.42. The Morgan fingerprint density at radius 3 is 2.30 bits per heavy atom. The molecule has 0 saturated heterocycles. The maximum Gasteiger partial charge on any atom is 0.420 e. The second-order valence-corrected chi connectivity index (χ2v) is 9.66. The molecule has 2 aromatic heterocycles. The Balaban J connectivity index is 1.75. The fourth-order valence-corrected chi connectivity index (χ4v) is 3.49. The minimum Gasteiger partial charge on any atom is -0.432 e. The Morgan fingerprint density at radius 1 is 1.06 bits per heavy atom. The number of thiol groups is 1. The third-order valence-corrected chi connectivity index (χ3v) is 4.80. The summed E-state index contributed by atoms with van der Waals surface area (Å²) in [6.07, 6.45) is -12.8. The number of amides is 1. The van der Waals surface area contributed by atoms with Crippen LogP contribution in [0.2, 0.25) is 0 Å². The topological polar surface area (TPSA) is 64.6 Å². The van der Waals surface area contributed by atoms with Crippen molar-refractivity contribution in [3.05, 3.63) is 41.9 Å². The van der Waals surface area contributed by atoms with Gasteiger partial charge in [0.05, 0.1) is 5.51 Å². The number of carbonyl (C=O) groups is 1. The lowest BCUT2D eigenvalue weighted by Crippen LogP contribution is -2.42. The van der Waals surface area contributed by atoms with Gasteiger partial charge in [-0.15, -0.1) is 11.3 Å². The molecule has 0 aliphatic carbocycles. The zero-order valence-electron chi connectivity index (χ0n) is 17.3. The van der Waals surface area contributed by atoms with Gasteiger partial charge in [0.15, 0.2) is 0 Å². The highest BCUT2D eigenvalue weighted by Crippen LogP contribution is 2.34. The van der Waals surface area contributed by atoms with Gasteiger partial charge in [-0.25, -0.2) is 14.8 Å². The first-order valence-corrected chi connectivity index (χ1v) is 10.7. The van der Waals surface area contributed by atoms with E-state index in [0.29, 0.717) is 16.2 Å². The number of hydrogen-bond acceptors (Lipinski definition) is 7. The fraction of sp³-hybridized carbons (Fsp3) is 0.350. The van der Waals surface area contributed by atoms with Gasteiger partial charge >= 0.3 is 18.4 Å². The number of alkyl halides is 5. The van der Waals surface area contributed by atoms with Crippen molar-refractivity contribution < 1.29 is 36.2 Å². The maximum atomic E-state index is 13.4. The van der Waals surface area contributed by atoms with E-state index in [4.69, 9.17) is 4.74 Å². The Kier molecular flexibility index (Phi) is 7.03. The van der Waals surface area contributed by atoms with E-state index in [2.05, 4.69) is 27.3 Å². The van der Waals surface area contributed by atoms with Crippen molar-refractivity contribution in [3.8, 4) is 11.5 Å². The predicted octanol–water partition coefficient (Wildman–Crippen LogP) is 6.33. The van der Waals surface area contributed by atoms with Crippen molar-refractivity contribution in [1.82, 2.24) is 9.97 Å². The van der Waals surface area contributed by atoms with Gasteiger partial charge in [-0.1, -0.05) is 0 Å². The second-order valence-electron chi connectivity index (χ2n) is 7.62. The minimum absolute atomic E-state index is 0.0349. The molecule has 0 unspecified atom stereocenters.